The van der Waals surface area contributed by atoms with Crippen LogP contribution >= 0.6 is 11.3 Å². The first kappa shape index (κ1) is 17.9. The highest BCUT2D eigenvalue weighted by Gasteiger charge is 2.25. The second kappa shape index (κ2) is 7.27. The second-order valence-electron chi connectivity index (χ2n) is 7.04. The predicted molar refractivity (Wildman–Crippen MR) is 108 cm³/mol. The number of benzene rings is 1. The molecule has 2 aromatic heterocycles. The van der Waals surface area contributed by atoms with Gasteiger partial charge in [0.15, 0.2) is 0 Å². The molecule has 0 atom stereocenters. The maximum Gasteiger partial charge on any atom is 0.264 e. The molecule has 0 spiro atoms. The van der Waals surface area contributed by atoms with Gasteiger partial charge in [0.05, 0.1) is 10.3 Å². The molecule has 3 heterocycles. The van der Waals surface area contributed by atoms with Crippen molar-refractivity contribution >= 4 is 27.5 Å². The Balaban J connectivity index is 1.73. The van der Waals surface area contributed by atoms with Crippen molar-refractivity contribution in [1.82, 2.24) is 14.5 Å². The smallest absolute Gasteiger partial charge is 0.264 e. The number of hydrogen-bond acceptors (Lipinski definition) is 4. The van der Waals surface area contributed by atoms with E-state index < -0.39 is 0 Å². The molecule has 0 fully saturated rings. The molecule has 1 aliphatic heterocycles. The minimum Gasteiger partial charge on any atom is -0.334 e. The van der Waals surface area contributed by atoms with Crippen LogP contribution in [0, 0.1) is 6.92 Å². The molecule has 0 unspecified atom stereocenters. The molecule has 0 N–H and O–H groups in total. The summed E-state index contributed by atoms with van der Waals surface area (Å²) in [5.74, 6) is 0.841. The van der Waals surface area contributed by atoms with Crippen LogP contribution in [-0.2, 0) is 19.5 Å². The Bertz CT molecular complexity index is 1050. The fourth-order valence-corrected chi connectivity index (χ4v) is 4.91. The van der Waals surface area contributed by atoms with Crippen molar-refractivity contribution in [3.8, 4) is 0 Å². The van der Waals surface area contributed by atoms with E-state index in [0.29, 0.717) is 28.2 Å². The Kier molecular flexibility index (Phi) is 4.83. The van der Waals surface area contributed by atoms with E-state index in [0.717, 1.165) is 42.8 Å². The summed E-state index contributed by atoms with van der Waals surface area (Å²) in [6, 6.07) is 10.0. The number of aromatic nitrogens is 2. The minimum atomic E-state index is -0.00855. The maximum absolute atomic E-state index is 13.3. The lowest BCUT2D eigenvalue weighted by molar-refractivity contribution is 0.0747. The molecule has 0 bridgehead atoms. The number of amides is 1. The van der Waals surface area contributed by atoms with Gasteiger partial charge in [-0.05, 0) is 30.9 Å². The van der Waals surface area contributed by atoms with Crippen LogP contribution in [0.3, 0.4) is 0 Å². The topological polar surface area (TPSA) is 55.2 Å². The third-order valence-electron chi connectivity index (χ3n) is 5.10. The van der Waals surface area contributed by atoms with Gasteiger partial charge in [0.25, 0.3) is 11.5 Å². The highest BCUT2D eigenvalue weighted by molar-refractivity contribution is 7.20. The van der Waals surface area contributed by atoms with Crippen molar-refractivity contribution in [2.75, 3.05) is 6.54 Å². The largest absolute Gasteiger partial charge is 0.334 e. The van der Waals surface area contributed by atoms with E-state index in [-0.39, 0.29) is 11.5 Å². The van der Waals surface area contributed by atoms with E-state index in [4.69, 9.17) is 0 Å². The first-order valence-corrected chi connectivity index (χ1v) is 10.3. The summed E-state index contributed by atoms with van der Waals surface area (Å²) in [5.41, 5.74) is 1.88. The van der Waals surface area contributed by atoms with E-state index in [9.17, 15) is 9.59 Å². The first-order valence-electron chi connectivity index (χ1n) is 9.46. The summed E-state index contributed by atoms with van der Waals surface area (Å²) in [6.07, 6.45) is 2.69. The van der Waals surface area contributed by atoms with Crippen LogP contribution in [0.2, 0.25) is 0 Å². The number of fused-ring (bicyclic) bond motifs is 2. The first-order chi connectivity index (χ1) is 13.1. The van der Waals surface area contributed by atoms with Crippen molar-refractivity contribution < 1.29 is 4.79 Å². The van der Waals surface area contributed by atoms with Crippen LogP contribution in [0.25, 0.3) is 10.2 Å². The van der Waals surface area contributed by atoms with Gasteiger partial charge in [-0.25, -0.2) is 4.98 Å². The molecule has 3 aromatic rings. The molecule has 27 heavy (non-hydrogen) atoms. The van der Waals surface area contributed by atoms with Crippen molar-refractivity contribution in [2.45, 2.75) is 46.2 Å². The molecule has 6 heteroatoms. The second-order valence-corrected chi connectivity index (χ2v) is 8.04. The number of hydrogen-bond donors (Lipinski definition) is 0. The zero-order chi connectivity index (χ0) is 19.0. The molecule has 5 nitrogen and oxygen atoms in total. The van der Waals surface area contributed by atoms with E-state index in [1.165, 1.54) is 11.3 Å². The molecule has 1 amide bonds. The molecule has 0 saturated carbocycles. The number of thiophene rings is 1. The summed E-state index contributed by atoms with van der Waals surface area (Å²) in [5, 5.41) is 0.616. The van der Waals surface area contributed by atoms with Crippen LogP contribution in [-0.4, -0.2) is 26.9 Å². The summed E-state index contributed by atoms with van der Waals surface area (Å²) >= 11 is 1.36. The van der Waals surface area contributed by atoms with E-state index >= 15 is 0 Å². The van der Waals surface area contributed by atoms with Crippen molar-refractivity contribution in [3.05, 3.63) is 62.5 Å². The average molecular weight is 382 g/mol. The summed E-state index contributed by atoms with van der Waals surface area (Å²) < 4.78 is 1.77. The van der Waals surface area contributed by atoms with Gasteiger partial charge in [0, 0.05) is 26.1 Å². The van der Waals surface area contributed by atoms with Gasteiger partial charge in [-0.15, -0.1) is 11.3 Å². The third-order valence-corrected chi connectivity index (χ3v) is 6.28. The lowest BCUT2D eigenvalue weighted by Gasteiger charge is -2.22. The highest BCUT2D eigenvalue weighted by Crippen LogP contribution is 2.30. The average Bonchev–Trinajstić information content (AvgIpc) is 3.27. The zero-order valence-corrected chi connectivity index (χ0v) is 16.5. The monoisotopic (exact) mass is 381 g/mol. The maximum atomic E-state index is 13.3. The number of nitrogens with zero attached hydrogens (tertiary/aromatic N) is 3. The van der Waals surface area contributed by atoms with Crippen molar-refractivity contribution in [1.29, 1.82) is 0 Å². The molecule has 4 rings (SSSR count). The van der Waals surface area contributed by atoms with E-state index in [2.05, 4.69) is 11.9 Å². The SMILES string of the molecule is CCCN(Cc1ccccc1)C(=O)c1sc2nc3n(c(=O)c2c1C)CCC3. The summed E-state index contributed by atoms with van der Waals surface area (Å²) in [6.45, 7) is 5.94. The molecule has 1 aromatic carbocycles. The summed E-state index contributed by atoms with van der Waals surface area (Å²) in [7, 11) is 0. The number of aryl methyl sites for hydroxylation is 2. The Morgan fingerprint density at radius 3 is 2.81 bits per heavy atom. The van der Waals surface area contributed by atoms with Crippen LogP contribution in [0.5, 0.6) is 0 Å². The van der Waals surface area contributed by atoms with Crippen LogP contribution in [0.15, 0.2) is 35.1 Å². The van der Waals surface area contributed by atoms with Gasteiger partial charge in [-0.2, -0.15) is 0 Å². The highest BCUT2D eigenvalue weighted by atomic mass is 32.1. The number of carbonyl (C=O) groups is 1. The normalized spacial score (nSPS) is 13.1. The standard InChI is InChI=1S/C21H23N3O2S/c1-3-11-23(13-15-8-5-4-6-9-15)21(26)18-14(2)17-19(27-18)22-16-10-7-12-24(16)20(17)25/h4-6,8-9H,3,7,10-13H2,1-2H3. The zero-order valence-electron chi connectivity index (χ0n) is 15.7. The molecular weight excluding hydrogens is 358 g/mol. The quantitative estimate of drug-likeness (QED) is 0.676. The minimum absolute atomic E-state index is 0.00500. The predicted octanol–water partition coefficient (Wildman–Crippen LogP) is 3.77. The van der Waals surface area contributed by atoms with Gasteiger partial charge >= 0.3 is 0 Å². The lowest BCUT2D eigenvalue weighted by atomic mass is 10.1. The lowest BCUT2D eigenvalue weighted by Crippen LogP contribution is -2.31. The Hall–Kier alpha value is -2.47. The Morgan fingerprint density at radius 2 is 2.07 bits per heavy atom. The van der Waals surface area contributed by atoms with Gasteiger partial charge in [-0.1, -0.05) is 37.3 Å². The molecule has 140 valence electrons. The molecule has 0 saturated heterocycles. The molecule has 1 aliphatic rings. The number of rotatable bonds is 5. The van der Waals surface area contributed by atoms with E-state index in [1.54, 1.807) is 4.57 Å². The Morgan fingerprint density at radius 1 is 1.30 bits per heavy atom. The molecular formula is C21H23N3O2S. The van der Waals surface area contributed by atoms with E-state index in [1.807, 2.05) is 42.2 Å². The van der Waals surface area contributed by atoms with Crippen LogP contribution in [0.1, 0.15) is 46.4 Å². The Labute approximate surface area is 162 Å². The third kappa shape index (κ3) is 3.18. The van der Waals surface area contributed by atoms with Gasteiger partial charge in [0.1, 0.15) is 10.7 Å². The summed E-state index contributed by atoms with van der Waals surface area (Å²) in [4.78, 5) is 34.1. The molecule has 0 aliphatic carbocycles. The van der Waals surface area contributed by atoms with Crippen molar-refractivity contribution in [3.63, 3.8) is 0 Å². The van der Waals surface area contributed by atoms with Gasteiger partial charge in [-0.3, -0.25) is 14.2 Å². The fraction of sp³-hybridized carbons (Fsp3) is 0.381. The van der Waals surface area contributed by atoms with Crippen LogP contribution in [0.4, 0.5) is 0 Å². The number of carbonyl (C=O) groups excluding carboxylic acids is 1. The van der Waals surface area contributed by atoms with Crippen molar-refractivity contribution in [2.24, 2.45) is 0 Å². The van der Waals surface area contributed by atoms with Gasteiger partial charge < -0.3 is 4.90 Å². The van der Waals surface area contributed by atoms with Crippen LogP contribution < -0.4 is 5.56 Å². The molecule has 0 radical (unpaired) electrons. The van der Waals surface area contributed by atoms with Gasteiger partial charge in [0.2, 0.25) is 0 Å². The fourth-order valence-electron chi connectivity index (χ4n) is 3.75.